The minimum atomic E-state index is 0.924. The van der Waals surface area contributed by atoms with Crippen LogP contribution in [0.4, 0.5) is 0 Å². The Labute approximate surface area is 85.9 Å². The number of hydrogen-bond donors (Lipinski definition) is 1. The van der Waals surface area contributed by atoms with Crippen LogP contribution < -0.4 is 5.73 Å². The first-order valence-electron chi connectivity index (χ1n) is 5.48. The highest BCUT2D eigenvalue weighted by molar-refractivity contribution is 4.32. The zero-order valence-corrected chi connectivity index (χ0v) is 10.8. The van der Waals surface area contributed by atoms with Gasteiger partial charge >= 0.3 is 0 Å². The van der Waals surface area contributed by atoms with Gasteiger partial charge in [0, 0.05) is 13.7 Å². The summed E-state index contributed by atoms with van der Waals surface area (Å²) in [5, 5.41) is 0. The maximum absolute atomic E-state index is 4.84. The highest BCUT2D eigenvalue weighted by Gasteiger charge is 1.79. The van der Waals surface area contributed by atoms with Crippen LogP contribution in [0.5, 0.6) is 0 Å². The van der Waals surface area contributed by atoms with Gasteiger partial charge < -0.3 is 10.5 Å². The Hall–Kier alpha value is -0.0800. The van der Waals surface area contributed by atoms with Crippen LogP contribution in [0.1, 0.15) is 53.9 Å². The summed E-state index contributed by atoms with van der Waals surface area (Å²) in [5.74, 6) is 0. The van der Waals surface area contributed by atoms with E-state index in [0.29, 0.717) is 0 Å². The lowest BCUT2D eigenvalue weighted by Crippen LogP contribution is -1.85. The molecule has 0 spiro atoms. The predicted octanol–water partition coefficient (Wildman–Crippen LogP) is 3.45. The van der Waals surface area contributed by atoms with Crippen molar-refractivity contribution in [3.05, 3.63) is 0 Å². The molecule has 2 nitrogen and oxygen atoms in total. The summed E-state index contributed by atoms with van der Waals surface area (Å²) in [6.07, 6.45) is 3.80. The minimum Gasteiger partial charge on any atom is -0.385 e. The third-order valence-corrected chi connectivity index (χ3v) is 0.952. The first-order chi connectivity index (χ1) is 6.41. The summed E-state index contributed by atoms with van der Waals surface area (Å²) in [4.78, 5) is 0. The van der Waals surface area contributed by atoms with Gasteiger partial charge in [-0.2, -0.15) is 0 Å². The first-order valence-corrected chi connectivity index (χ1v) is 5.48. The van der Waals surface area contributed by atoms with Gasteiger partial charge in [0.15, 0.2) is 0 Å². The third kappa shape index (κ3) is 76.3. The third-order valence-electron chi connectivity index (χ3n) is 0.952. The van der Waals surface area contributed by atoms with Crippen molar-refractivity contribution in [1.29, 1.82) is 0 Å². The Morgan fingerprint density at radius 3 is 1.54 bits per heavy atom. The fourth-order valence-corrected chi connectivity index (χ4v) is 0.496. The second-order valence-corrected chi connectivity index (χ2v) is 1.70. The lowest BCUT2D eigenvalue weighted by atomic mass is 10.3. The van der Waals surface area contributed by atoms with Crippen LogP contribution >= 0.6 is 0 Å². The van der Waals surface area contributed by atoms with Gasteiger partial charge in [0.2, 0.25) is 0 Å². The van der Waals surface area contributed by atoms with Crippen molar-refractivity contribution in [2.24, 2.45) is 5.73 Å². The molecule has 0 unspecified atom stereocenters. The van der Waals surface area contributed by atoms with Gasteiger partial charge in [0.1, 0.15) is 0 Å². The molecule has 0 saturated heterocycles. The molecule has 0 atom stereocenters. The van der Waals surface area contributed by atoms with Crippen molar-refractivity contribution in [3.8, 4) is 0 Å². The fourth-order valence-electron chi connectivity index (χ4n) is 0.496. The number of rotatable bonds is 4. The average Bonchev–Trinajstić information content (AvgIpc) is 2.27. The summed E-state index contributed by atoms with van der Waals surface area (Å²) >= 11 is 0. The van der Waals surface area contributed by atoms with E-state index in [1.807, 2.05) is 27.7 Å². The zero-order valence-electron chi connectivity index (χ0n) is 10.8. The second kappa shape index (κ2) is 58.7. The van der Waals surface area contributed by atoms with Crippen LogP contribution in [-0.4, -0.2) is 20.8 Å². The number of ether oxygens (including phenoxy) is 1. The maximum atomic E-state index is 4.84. The summed E-state index contributed by atoms with van der Waals surface area (Å²) in [5.41, 5.74) is 4.50. The Bertz CT molecular complexity index is 29.3. The van der Waals surface area contributed by atoms with E-state index < -0.39 is 0 Å². The summed E-state index contributed by atoms with van der Waals surface area (Å²) in [6.45, 7) is 11.1. The van der Waals surface area contributed by atoms with Gasteiger partial charge in [-0.3, -0.25) is 0 Å². The molecule has 0 aliphatic carbocycles. The molecule has 0 saturated carbocycles. The highest BCUT2D eigenvalue weighted by atomic mass is 16.5. The van der Waals surface area contributed by atoms with E-state index in [4.69, 9.17) is 4.74 Å². The largest absolute Gasteiger partial charge is 0.385 e. The quantitative estimate of drug-likeness (QED) is 0.694. The van der Waals surface area contributed by atoms with E-state index in [1.54, 1.807) is 7.11 Å². The van der Waals surface area contributed by atoms with E-state index in [9.17, 15) is 0 Å². The summed E-state index contributed by atoms with van der Waals surface area (Å²) in [7, 11) is 3.25. The Balaban J connectivity index is -0.0000000573. The molecule has 2 N–H and O–H groups in total. The molecule has 0 aliphatic rings. The smallest absolute Gasteiger partial charge is 0.0462 e. The molecule has 0 bridgehead atoms. The Morgan fingerprint density at radius 2 is 1.31 bits per heavy atom. The van der Waals surface area contributed by atoms with Gasteiger partial charge in [0.25, 0.3) is 0 Å². The van der Waals surface area contributed by atoms with E-state index in [0.717, 1.165) is 6.61 Å². The molecule has 13 heavy (non-hydrogen) atoms. The van der Waals surface area contributed by atoms with Gasteiger partial charge in [-0.25, -0.2) is 0 Å². The molecule has 0 heterocycles. The molecule has 0 radical (unpaired) electrons. The average molecular weight is 193 g/mol. The molecule has 86 valence electrons. The molecular weight excluding hydrogens is 162 g/mol. The number of nitrogens with two attached hydrogens (primary N) is 1. The van der Waals surface area contributed by atoms with Crippen LogP contribution in [0.3, 0.4) is 0 Å². The van der Waals surface area contributed by atoms with E-state index in [1.165, 1.54) is 26.3 Å². The van der Waals surface area contributed by atoms with E-state index in [-0.39, 0.29) is 0 Å². The van der Waals surface area contributed by atoms with Gasteiger partial charge in [-0.1, -0.05) is 47.5 Å². The van der Waals surface area contributed by atoms with E-state index in [2.05, 4.69) is 12.7 Å². The molecule has 2 heteroatoms. The molecule has 0 aromatic carbocycles. The Morgan fingerprint density at radius 1 is 0.923 bits per heavy atom. The normalized spacial score (nSPS) is 6.46. The molecule has 0 aromatic heterocycles. The van der Waals surface area contributed by atoms with Crippen molar-refractivity contribution in [3.63, 3.8) is 0 Å². The number of methoxy groups -OCH3 is 1. The summed E-state index contributed by atoms with van der Waals surface area (Å²) in [6, 6.07) is 0. The van der Waals surface area contributed by atoms with Crippen LogP contribution in [-0.2, 0) is 4.74 Å². The molecule has 0 fully saturated rings. The maximum Gasteiger partial charge on any atom is 0.0462 e. The zero-order chi connectivity index (χ0) is 11.5. The van der Waals surface area contributed by atoms with Gasteiger partial charge in [0.05, 0.1) is 0 Å². The van der Waals surface area contributed by atoms with Crippen LogP contribution in [0.15, 0.2) is 0 Å². The lowest BCUT2D eigenvalue weighted by molar-refractivity contribution is 0.192. The molecular formula is C11H31NO. The number of hydrogen-bond acceptors (Lipinski definition) is 2. The molecule has 0 aromatic rings. The fraction of sp³-hybridized carbons (Fsp3) is 1.00. The van der Waals surface area contributed by atoms with Gasteiger partial charge in [-0.05, 0) is 13.5 Å². The van der Waals surface area contributed by atoms with Gasteiger partial charge in [-0.15, -0.1) is 0 Å². The first kappa shape index (κ1) is 23.1. The SMILES string of the molecule is CC.CC.CCCCCOC.CN. The highest BCUT2D eigenvalue weighted by Crippen LogP contribution is 1.91. The standard InChI is InChI=1S/C6H14O.2C2H6.CH5N/c1-3-4-5-6-7-2;3*1-2/h3-6H2,1-2H3;2*1-2H3;2H2,1H3. The van der Waals surface area contributed by atoms with Crippen LogP contribution in [0.2, 0.25) is 0 Å². The minimum absolute atomic E-state index is 0.924. The Kier molecular flexibility index (Phi) is 104. The molecule has 0 aliphatic heterocycles. The number of unbranched alkanes of at least 4 members (excludes halogenated alkanes) is 2. The van der Waals surface area contributed by atoms with Crippen molar-refractivity contribution in [2.45, 2.75) is 53.9 Å². The van der Waals surface area contributed by atoms with Crippen molar-refractivity contribution in [1.82, 2.24) is 0 Å². The van der Waals surface area contributed by atoms with E-state index >= 15 is 0 Å². The van der Waals surface area contributed by atoms with Crippen LogP contribution in [0.25, 0.3) is 0 Å². The predicted molar refractivity (Wildman–Crippen MR) is 64.2 cm³/mol. The van der Waals surface area contributed by atoms with Crippen LogP contribution in [0, 0.1) is 0 Å². The van der Waals surface area contributed by atoms with Crippen molar-refractivity contribution < 1.29 is 4.74 Å². The van der Waals surface area contributed by atoms with Crippen molar-refractivity contribution in [2.75, 3.05) is 20.8 Å². The topological polar surface area (TPSA) is 35.2 Å². The van der Waals surface area contributed by atoms with Crippen molar-refractivity contribution >= 4 is 0 Å². The molecule has 0 amide bonds. The summed E-state index contributed by atoms with van der Waals surface area (Å²) < 4.78 is 4.84. The second-order valence-electron chi connectivity index (χ2n) is 1.70. The molecule has 0 rings (SSSR count). The lowest BCUT2D eigenvalue weighted by Gasteiger charge is -1.92. The monoisotopic (exact) mass is 193 g/mol.